The molecule has 1 saturated carbocycles. The van der Waals surface area contributed by atoms with Crippen molar-refractivity contribution in [2.45, 2.75) is 155 Å². The van der Waals surface area contributed by atoms with Crippen molar-refractivity contribution in [2.75, 3.05) is 100 Å². The van der Waals surface area contributed by atoms with E-state index in [0.29, 0.717) is 111 Å². The second-order valence-corrected chi connectivity index (χ2v) is 29.2. The molecule has 6 fully saturated rings. The Morgan fingerprint density at radius 1 is 0.804 bits per heavy atom. The first-order valence-electron chi connectivity index (χ1n) is 35.0. The largest absolute Gasteiger partial charge is 0.502 e. The summed E-state index contributed by atoms with van der Waals surface area (Å²) in [4.78, 5) is 66.5. The predicted octanol–water partition coefficient (Wildman–Crippen LogP) is 5.33. The molecular formula is C75H90MoN4O22. The monoisotopic (exact) mass is 1500 g/mol. The molecule has 2 bridgehead atoms. The van der Waals surface area contributed by atoms with Gasteiger partial charge in [-0.3, -0.25) is 24.2 Å². The van der Waals surface area contributed by atoms with Gasteiger partial charge in [0.25, 0.3) is 0 Å². The maximum absolute atomic E-state index is 15.3. The molecule has 10 heterocycles. The molecule has 5 aromatic rings. The number of aliphatic hydroxyl groups excluding tert-OH is 2. The van der Waals surface area contributed by atoms with E-state index < -0.39 is 124 Å². The molecule has 102 heavy (non-hydrogen) atoms. The van der Waals surface area contributed by atoms with E-state index >= 15 is 4.79 Å². The molecule has 5 saturated heterocycles. The van der Waals surface area contributed by atoms with Crippen LogP contribution in [-0.2, 0) is 95.4 Å². The van der Waals surface area contributed by atoms with Gasteiger partial charge < -0.3 is 97.0 Å². The van der Waals surface area contributed by atoms with Crippen LogP contribution in [-0.4, -0.2) is 226 Å². The van der Waals surface area contributed by atoms with Gasteiger partial charge in [-0.1, -0.05) is 44.2 Å². The Balaban J connectivity index is 0.000000181. The summed E-state index contributed by atoms with van der Waals surface area (Å²) in [5.41, 5.74) is 0.389. The minimum absolute atomic E-state index is 0. The van der Waals surface area contributed by atoms with E-state index in [1.165, 1.54) is 35.4 Å². The maximum atomic E-state index is 15.3. The van der Waals surface area contributed by atoms with E-state index in [0.717, 1.165) is 33.4 Å². The minimum Gasteiger partial charge on any atom is -0.502 e. The van der Waals surface area contributed by atoms with Gasteiger partial charge in [0.15, 0.2) is 41.7 Å². The number of methoxy groups -OCH3 is 5. The van der Waals surface area contributed by atoms with E-state index in [9.17, 15) is 39.9 Å². The number of nitrogens with one attached hydrogen (secondary N) is 1. The van der Waals surface area contributed by atoms with Crippen LogP contribution in [0.25, 0.3) is 10.9 Å². The molecule has 27 heteroatoms. The number of nitrogens with zero attached hydrogens (tertiary/aromatic N) is 3. The molecule has 20 atom stereocenters. The zero-order chi connectivity index (χ0) is 71.1. The van der Waals surface area contributed by atoms with Crippen LogP contribution in [0.3, 0.4) is 0 Å². The summed E-state index contributed by atoms with van der Waals surface area (Å²) >= 11 is 0. The normalized spacial score (nSPS) is 36.4. The second-order valence-electron chi connectivity index (χ2n) is 29.2. The molecule has 0 radical (unpaired) electrons. The van der Waals surface area contributed by atoms with Gasteiger partial charge in [-0.15, -0.1) is 0 Å². The SMILES string of the molecule is CC[C@]1(O)C[C@H]2CN(CCc3c([nH]c4ccccc34)[C@@](C(=O)OC)(c3cc4c(cc3OC)N(C)[C@H]3[C@@](O)(C(=O)OC)[C@H](OC(C)=O)[C@]5(CC)C=CCN6CC[C@]43[C@@H]65)C2)C1.COc1cc([C@@H]2c3cc4c(cc3[C@@H](O[C@@H]3O[C@@H]5CO[C@@H](C)O[C@H]5[C@H](O)[C@H]3O)[C@H]3COC(=O)[C@H]23)OCO4)cc(OC)c1O.[Mo]. The first-order chi connectivity index (χ1) is 48.5. The van der Waals surface area contributed by atoms with E-state index in [1.807, 2.05) is 50.1 Å². The number of ether oxygens (including phenoxy) is 13. The fourth-order valence-electron chi connectivity index (χ4n) is 20.2. The molecule has 1 aromatic heterocycles. The van der Waals surface area contributed by atoms with Crippen LogP contribution < -0.4 is 28.6 Å². The Kier molecular flexibility index (Phi) is 18.9. The van der Waals surface area contributed by atoms with Gasteiger partial charge in [0.1, 0.15) is 35.6 Å². The second kappa shape index (κ2) is 26.8. The van der Waals surface area contributed by atoms with E-state index in [4.69, 9.17) is 61.6 Å². The maximum Gasteiger partial charge on any atom is 0.344 e. The molecule has 0 amide bonds. The number of aliphatic hydroxyl groups is 4. The first kappa shape index (κ1) is 71.9. The van der Waals surface area contributed by atoms with Crippen molar-refractivity contribution in [3.05, 3.63) is 112 Å². The summed E-state index contributed by atoms with van der Waals surface area (Å²) in [6, 6.07) is 17.9. The molecule has 6 N–H and O–H groups in total. The average molecular weight is 1500 g/mol. The number of carbonyl (C=O) groups excluding carboxylic acids is 4. The Morgan fingerprint density at radius 2 is 1.52 bits per heavy atom. The van der Waals surface area contributed by atoms with Gasteiger partial charge in [-0.2, -0.15) is 0 Å². The number of hydrogen-bond donors (Lipinski definition) is 6. The van der Waals surface area contributed by atoms with Crippen molar-refractivity contribution in [3.63, 3.8) is 0 Å². The number of phenols is 1. The Labute approximate surface area is 604 Å². The predicted molar refractivity (Wildman–Crippen MR) is 359 cm³/mol. The van der Waals surface area contributed by atoms with Gasteiger partial charge in [0.2, 0.25) is 18.1 Å². The fourth-order valence-corrected chi connectivity index (χ4v) is 20.2. The van der Waals surface area contributed by atoms with Gasteiger partial charge in [0, 0.05) is 124 Å². The summed E-state index contributed by atoms with van der Waals surface area (Å²) in [6.45, 7) is 10.6. The number of aromatic nitrogens is 1. The van der Waals surface area contributed by atoms with Crippen LogP contribution in [0.1, 0.15) is 111 Å². The summed E-state index contributed by atoms with van der Waals surface area (Å²) in [6.07, 6.45) is -0.852. The number of cyclic esters (lactones) is 1. The topological polar surface area (TPSA) is 315 Å². The standard InChI is InChI=1S/C46H58N4O9.C29H32O13.Mo/c1-8-42(54)23-28-24-45(40(52)57-6,36-30(15-19-49(25-28)26-42)29-13-10-11-14-33(29)47-36)32-21-31-34(22-35(32)56-5)48(4)38-44(31)17-20-50-18-12-16-43(9-2,37(44)50)39(59-27(3)51)46(38,55)41(53)58-7;1-11-36-9-20-27(40-11)24(31)25(32)29(41-20)42-26-14-7-17-16(38-10-39-17)6-13(14)21(22-15(26)8-37-28(22)33)12-4-18(34-2)23(30)19(5-12)35-3;/h10-14,16,21-22,28,37-39,47,54-55H,8-9,15,17-20,23-26H2,1-7H3;4-7,11,15,20-22,24-27,29-32H,8-10H2,1-3H3;/t28-,37+,38-,39-,42+,43-,44-,45+,46+;11-,15+,20-,21-,22+,24-,25-,26-,27-,29+;/m11./s1. The Hall–Kier alpha value is -7.07. The van der Waals surface area contributed by atoms with Crippen LogP contribution in [0.15, 0.2) is 72.8 Å². The Bertz CT molecular complexity index is 4130. The van der Waals surface area contributed by atoms with E-state index in [2.05, 4.69) is 39.1 Å². The van der Waals surface area contributed by atoms with Gasteiger partial charge in [-0.25, -0.2) is 4.79 Å². The van der Waals surface area contributed by atoms with Crippen LogP contribution in [0.2, 0.25) is 0 Å². The van der Waals surface area contributed by atoms with Crippen LogP contribution in [0.4, 0.5) is 5.69 Å². The molecule has 1 spiro atoms. The average Bonchev–Trinajstić information content (AvgIpc) is 1.45. The number of aromatic hydroxyl groups is 1. The molecule has 4 aromatic carbocycles. The quantitative estimate of drug-likeness (QED) is 0.0398. The number of carbonyl (C=O) groups is 4. The van der Waals surface area contributed by atoms with Crippen molar-refractivity contribution in [3.8, 4) is 34.5 Å². The van der Waals surface area contributed by atoms with Gasteiger partial charge in [-0.05, 0) is 122 Å². The zero-order valence-corrected chi connectivity index (χ0v) is 60.8. The fraction of sp³-hybridized carbons (Fsp3) is 0.573. The number of rotatable bonds is 12. The third kappa shape index (κ3) is 10.7. The number of likely N-dealkylation sites (N-methyl/N-ethyl adjacent to an activating group) is 1. The third-order valence-corrected chi connectivity index (χ3v) is 24.3. The number of anilines is 1. The minimum atomic E-state index is -2.30. The first-order valence-corrected chi connectivity index (χ1v) is 35.0. The number of fused-ring (bicyclic) bond motifs is 10. The molecule has 9 aliphatic heterocycles. The van der Waals surface area contributed by atoms with Crippen molar-refractivity contribution in [1.82, 2.24) is 14.8 Å². The summed E-state index contributed by atoms with van der Waals surface area (Å²) in [7, 11) is 9.01. The summed E-state index contributed by atoms with van der Waals surface area (Å²) in [5, 5.41) is 58.8. The molecule has 2 aliphatic carbocycles. The molecule has 26 nitrogen and oxygen atoms in total. The van der Waals surface area contributed by atoms with Crippen LogP contribution >= 0.6 is 0 Å². The Morgan fingerprint density at radius 3 is 2.21 bits per heavy atom. The number of para-hydroxylation sites is 1. The number of piperidine rings is 1. The van der Waals surface area contributed by atoms with Crippen LogP contribution in [0.5, 0.6) is 34.5 Å². The molecule has 16 rings (SSSR count). The molecular weight excluding hydrogens is 1400 g/mol. The van der Waals surface area contributed by atoms with E-state index in [1.54, 1.807) is 38.3 Å². The van der Waals surface area contributed by atoms with Gasteiger partial charge >= 0.3 is 23.9 Å². The van der Waals surface area contributed by atoms with E-state index in [-0.39, 0.29) is 70.3 Å². The number of H-pyrrole nitrogens is 1. The molecule has 11 aliphatic rings. The number of esters is 4. The third-order valence-electron chi connectivity index (χ3n) is 24.3. The van der Waals surface area contributed by atoms with Crippen molar-refractivity contribution < 1.29 is 127 Å². The summed E-state index contributed by atoms with van der Waals surface area (Å²) < 4.78 is 75.5. The number of benzene rings is 4. The van der Waals surface area contributed by atoms with Crippen LogP contribution in [0, 0.1) is 23.2 Å². The number of hydrogen-bond acceptors (Lipinski definition) is 25. The smallest absolute Gasteiger partial charge is 0.344 e. The van der Waals surface area contributed by atoms with Crippen molar-refractivity contribution in [2.24, 2.45) is 23.2 Å². The zero-order valence-electron chi connectivity index (χ0n) is 58.8. The molecule has 1 unspecified atom stereocenters. The van der Waals surface area contributed by atoms with Crippen molar-refractivity contribution in [1.29, 1.82) is 0 Å². The van der Waals surface area contributed by atoms with Crippen molar-refractivity contribution >= 4 is 40.5 Å². The molecule has 548 valence electrons. The summed E-state index contributed by atoms with van der Waals surface area (Å²) in [5.74, 6) is -2.59. The number of aromatic amines is 1. The number of phenolic OH excluding ortho intramolecular Hbond substituents is 1. The van der Waals surface area contributed by atoms with Gasteiger partial charge in [0.05, 0.1) is 72.4 Å².